The van der Waals surface area contributed by atoms with Gasteiger partial charge in [-0.2, -0.15) is 13.2 Å². The van der Waals surface area contributed by atoms with Crippen LogP contribution in [0.15, 0.2) is 18.2 Å². The molecule has 31 heavy (non-hydrogen) atoms. The van der Waals surface area contributed by atoms with Gasteiger partial charge >= 0.3 is 6.18 Å². The minimum atomic E-state index is -4.76. The average molecular weight is 478 g/mol. The van der Waals surface area contributed by atoms with Crippen molar-refractivity contribution in [2.24, 2.45) is 0 Å². The van der Waals surface area contributed by atoms with Crippen LogP contribution in [-0.4, -0.2) is 37.4 Å². The number of hydrogen-bond acceptors (Lipinski definition) is 5. The van der Waals surface area contributed by atoms with Gasteiger partial charge in [-0.25, -0.2) is 22.5 Å². The zero-order valence-corrected chi connectivity index (χ0v) is 18.3. The molecule has 2 aliphatic carbocycles. The molecule has 0 bridgehead atoms. The van der Waals surface area contributed by atoms with Crippen LogP contribution in [0.3, 0.4) is 0 Å². The number of nitrogens with one attached hydrogen (secondary N) is 2. The maximum absolute atomic E-state index is 13.8. The van der Waals surface area contributed by atoms with Gasteiger partial charge in [0.25, 0.3) is 0 Å². The Kier molecular flexibility index (Phi) is 6.28. The van der Waals surface area contributed by atoms with E-state index in [4.69, 9.17) is 4.98 Å². The molecule has 11 heteroatoms. The topological polar surface area (TPSA) is 71.1 Å². The Morgan fingerprint density at radius 3 is 2.52 bits per heavy atom. The van der Waals surface area contributed by atoms with Crippen LogP contribution in [0.2, 0.25) is 0 Å². The first-order valence-electron chi connectivity index (χ1n) is 10.2. The van der Waals surface area contributed by atoms with Crippen molar-refractivity contribution in [3.05, 3.63) is 34.5 Å². The van der Waals surface area contributed by atoms with Gasteiger partial charge in [0.1, 0.15) is 5.82 Å². The number of anilines is 1. The van der Waals surface area contributed by atoms with Gasteiger partial charge in [0, 0.05) is 22.5 Å². The summed E-state index contributed by atoms with van der Waals surface area (Å²) in [5.74, 6) is -2.15. The lowest BCUT2D eigenvalue weighted by Crippen LogP contribution is -2.43. The molecule has 0 saturated heterocycles. The van der Waals surface area contributed by atoms with Gasteiger partial charge in [-0.1, -0.05) is 6.07 Å². The van der Waals surface area contributed by atoms with E-state index in [1.54, 1.807) is 11.3 Å². The van der Waals surface area contributed by atoms with E-state index >= 15 is 0 Å². The van der Waals surface area contributed by atoms with E-state index in [0.29, 0.717) is 25.7 Å². The number of hydrogen-bond donors (Lipinski definition) is 2. The van der Waals surface area contributed by atoms with Crippen molar-refractivity contribution >= 4 is 26.5 Å². The van der Waals surface area contributed by atoms with Gasteiger partial charge in [0.2, 0.25) is 10.0 Å². The molecule has 2 N–H and O–H groups in total. The lowest BCUT2D eigenvalue weighted by molar-refractivity contribution is -0.106. The highest BCUT2D eigenvalue weighted by molar-refractivity contribution is 7.89. The first-order chi connectivity index (χ1) is 14.6. The molecule has 0 amide bonds. The standard InChI is InChI=1S/C20H23F4N3O2S2/c21-13-5-4-12-2-1-3-17-18(16(12)10-13)26-19(30-17)25-14-6-8-15(9-7-14)27-31(28,29)11-20(22,23)24/h4-5,10,14-15,27H,1-3,6-9,11H2,(H,25,26). The number of thiazole rings is 1. The minimum absolute atomic E-state index is 0.0603. The quantitative estimate of drug-likeness (QED) is 0.616. The Morgan fingerprint density at radius 2 is 1.81 bits per heavy atom. The number of alkyl halides is 3. The van der Waals surface area contributed by atoms with Crippen molar-refractivity contribution in [2.75, 3.05) is 11.1 Å². The SMILES string of the molecule is O=S(=O)(CC(F)(F)F)NC1CCC(Nc2nc3c(s2)CCCc2ccc(F)cc2-3)CC1. The number of halogens is 4. The maximum Gasteiger partial charge on any atom is 0.404 e. The van der Waals surface area contributed by atoms with Crippen molar-refractivity contribution < 1.29 is 26.0 Å². The zero-order valence-electron chi connectivity index (χ0n) is 16.6. The van der Waals surface area contributed by atoms with E-state index in [1.807, 2.05) is 6.07 Å². The fraction of sp³-hybridized carbons (Fsp3) is 0.550. The summed E-state index contributed by atoms with van der Waals surface area (Å²) in [5, 5.41) is 4.12. The van der Waals surface area contributed by atoms with Crippen molar-refractivity contribution in [1.29, 1.82) is 0 Å². The second-order valence-electron chi connectivity index (χ2n) is 8.13. The van der Waals surface area contributed by atoms with Crippen LogP contribution in [0.25, 0.3) is 11.3 Å². The van der Waals surface area contributed by atoms with Crippen LogP contribution in [0, 0.1) is 5.82 Å². The second-order valence-corrected chi connectivity index (χ2v) is 11.0. The van der Waals surface area contributed by atoms with Gasteiger partial charge in [-0.05, 0) is 62.6 Å². The first kappa shape index (κ1) is 22.5. The fourth-order valence-corrected chi connectivity index (χ4v) is 6.61. The van der Waals surface area contributed by atoms with Crippen LogP contribution in [-0.2, 0) is 22.9 Å². The molecule has 2 aromatic rings. The van der Waals surface area contributed by atoms with Crippen molar-refractivity contribution in [3.8, 4) is 11.3 Å². The number of sulfonamides is 1. The smallest absolute Gasteiger partial charge is 0.359 e. The van der Waals surface area contributed by atoms with Gasteiger partial charge in [-0.15, -0.1) is 11.3 Å². The summed E-state index contributed by atoms with van der Waals surface area (Å²) in [6, 6.07) is 4.38. The van der Waals surface area contributed by atoms with Gasteiger partial charge < -0.3 is 5.32 Å². The normalized spacial score (nSPS) is 21.8. The molecule has 5 nitrogen and oxygen atoms in total. The maximum atomic E-state index is 13.8. The van der Waals surface area contributed by atoms with E-state index in [9.17, 15) is 26.0 Å². The molecular weight excluding hydrogens is 454 g/mol. The van der Waals surface area contributed by atoms with Crippen LogP contribution in [0.4, 0.5) is 22.7 Å². The summed E-state index contributed by atoms with van der Waals surface area (Å²) in [7, 11) is -4.39. The summed E-state index contributed by atoms with van der Waals surface area (Å²) < 4.78 is 76.5. The molecule has 4 rings (SSSR count). The molecule has 1 aromatic carbocycles. The molecule has 1 heterocycles. The van der Waals surface area contributed by atoms with Crippen molar-refractivity contribution in [2.45, 2.75) is 63.2 Å². The Balaban J connectivity index is 1.38. The lowest BCUT2D eigenvalue weighted by Gasteiger charge is -2.29. The predicted octanol–water partition coefficient (Wildman–Crippen LogP) is 4.64. The van der Waals surface area contributed by atoms with Gasteiger partial charge in [-0.3, -0.25) is 0 Å². The largest absolute Gasteiger partial charge is 0.404 e. The first-order valence-corrected chi connectivity index (χ1v) is 12.7. The highest BCUT2D eigenvalue weighted by atomic mass is 32.2. The van der Waals surface area contributed by atoms with Gasteiger partial charge in [0.05, 0.1) is 5.69 Å². The molecule has 0 atom stereocenters. The Morgan fingerprint density at radius 1 is 1.10 bits per heavy atom. The molecule has 0 aliphatic heterocycles. The molecule has 1 aromatic heterocycles. The minimum Gasteiger partial charge on any atom is -0.359 e. The average Bonchev–Trinajstić information content (AvgIpc) is 2.97. The molecular formula is C20H23F4N3O2S2. The lowest BCUT2D eigenvalue weighted by atomic mass is 9.92. The number of fused-ring (bicyclic) bond motifs is 3. The summed E-state index contributed by atoms with van der Waals surface area (Å²) >= 11 is 1.55. The van der Waals surface area contributed by atoms with Crippen molar-refractivity contribution in [1.82, 2.24) is 9.71 Å². The summed E-state index contributed by atoms with van der Waals surface area (Å²) in [4.78, 5) is 5.82. The number of aromatic nitrogens is 1. The van der Waals surface area contributed by atoms with E-state index in [2.05, 4.69) is 10.0 Å². The molecule has 170 valence electrons. The number of rotatable bonds is 5. The highest BCUT2D eigenvalue weighted by Crippen LogP contribution is 2.38. The van der Waals surface area contributed by atoms with Crippen LogP contribution >= 0.6 is 11.3 Å². The van der Waals surface area contributed by atoms with Crippen LogP contribution in [0.5, 0.6) is 0 Å². The molecule has 1 fully saturated rings. The van der Waals surface area contributed by atoms with Crippen molar-refractivity contribution in [3.63, 3.8) is 0 Å². The third kappa shape index (κ3) is 5.75. The van der Waals surface area contributed by atoms with Gasteiger partial charge in [0.15, 0.2) is 10.9 Å². The Bertz CT molecular complexity index is 1050. The molecule has 0 radical (unpaired) electrons. The molecule has 0 spiro atoms. The summed E-state index contributed by atoms with van der Waals surface area (Å²) in [6.07, 6.45) is 0.116. The predicted molar refractivity (Wildman–Crippen MR) is 112 cm³/mol. The molecule has 2 aliphatic rings. The fourth-order valence-electron chi connectivity index (χ4n) is 4.26. The number of aryl methyl sites for hydroxylation is 2. The third-order valence-electron chi connectivity index (χ3n) is 5.63. The summed E-state index contributed by atoms with van der Waals surface area (Å²) in [6.45, 7) is 0. The van der Waals surface area contributed by atoms with Crippen LogP contribution in [0.1, 0.15) is 42.5 Å². The molecule has 1 saturated carbocycles. The van der Waals surface area contributed by atoms with E-state index < -0.39 is 28.0 Å². The summed E-state index contributed by atoms with van der Waals surface area (Å²) in [5.41, 5.74) is 2.73. The second kappa shape index (κ2) is 8.67. The molecule has 0 unspecified atom stereocenters. The van der Waals surface area contributed by atoms with E-state index in [-0.39, 0.29) is 11.9 Å². The van der Waals surface area contributed by atoms with Crippen LogP contribution < -0.4 is 10.0 Å². The Hall–Kier alpha value is -1.72. The number of nitrogens with zero attached hydrogens (tertiary/aromatic N) is 1. The zero-order chi connectivity index (χ0) is 22.2. The van der Waals surface area contributed by atoms with E-state index in [0.717, 1.165) is 46.1 Å². The monoisotopic (exact) mass is 477 g/mol. The van der Waals surface area contributed by atoms with E-state index in [1.165, 1.54) is 12.1 Å². The third-order valence-corrected chi connectivity index (χ3v) is 8.08. The highest BCUT2D eigenvalue weighted by Gasteiger charge is 2.36. The Labute approximate surface area is 182 Å². The number of benzene rings is 1.